The molecule has 63 heavy (non-hydrogen) atoms. The number of hydrogen-bond acceptors (Lipinski definition) is 14. The number of benzene rings is 2. The van der Waals surface area contributed by atoms with Gasteiger partial charge in [0.05, 0.1) is 35.6 Å². The second-order valence-electron chi connectivity index (χ2n) is 17.3. The molecule has 17 nitrogen and oxygen atoms in total. The molecule has 2 aliphatic rings. The van der Waals surface area contributed by atoms with Gasteiger partial charge in [-0.3, -0.25) is 25.3 Å². The number of nitrogens with one attached hydrogen (secondary N) is 5. The largest absolute Gasteiger partial charge is 0.383 e. The molecule has 0 radical (unpaired) electrons. The van der Waals surface area contributed by atoms with Crippen molar-refractivity contribution < 1.29 is 24.0 Å². The van der Waals surface area contributed by atoms with Crippen LogP contribution in [0.15, 0.2) is 77.7 Å². The van der Waals surface area contributed by atoms with E-state index in [-0.39, 0.29) is 29.3 Å². The van der Waals surface area contributed by atoms with E-state index in [9.17, 15) is 14.7 Å². The normalized spacial score (nSPS) is 16.1. The molecule has 6 aromatic rings. The molecule has 2 atom stereocenters. The van der Waals surface area contributed by atoms with Crippen molar-refractivity contribution in [1.82, 2.24) is 46.0 Å². The first-order valence-corrected chi connectivity index (χ1v) is 21.5. The van der Waals surface area contributed by atoms with E-state index in [2.05, 4.69) is 69.5 Å². The Morgan fingerprint density at radius 2 is 1.76 bits per heavy atom. The van der Waals surface area contributed by atoms with Crippen molar-refractivity contribution in [2.45, 2.75) is 71.2 Å². The number of hydrogen-bond donors (Lipinski definition) is 6. The summed E-state index contributed by atoms with van der Waals surface area (Å²) in [6, 6.07) is 19.6. The van der Waals surface area contributed by atoms with Crippen molar-refractivity contribution in [1.29, 1.82) is 0 Å². The highest BCUT2D eigenvalue weighted by Crippen LogP contribution is 2.33. The van der Waals surface area contributed by atoms with Crippen LogP contribution in [0.2, 0.25) is 0 Å². The maximum absolute atomic E-state index is 12.2. The van der Waals surface area contributed by atoms with Gasteiger partial charge in [0, 0.05) is 80.0 Å². The molecule has 6 N–H and O–H groups in total. The summed E-state index contributed by atoms with van der Waals surface area (Å²) in [6.07, 6.45) is 4.80. The lowest BCUT2D eigenvalue weighted by atomic mass is 9.96. The number of pyridine rings is 1. The molecule has 3 amide bonds. The summed E-state index contributed by atoms with van der Waals surface area (Å²) in [7, 11) is 1.66. The molecular weight excluding hydrogens is 801 g/mol. The quantitative estimate of drug-likeness (QED) is 0.0472. The van der Waals surface area contributed by atoms with Crippen LogP contribution in [-0.2, 0) is 21.6 Å². The summed E-state index contributed by atoms with van der Waals surface area (Å²) >= 11 is 0. The molecule has 6 heterocycles. The van der Waals surface area contributed by atoms with Crippen molar-refractivity contribution in [3.05, 3.63) is 96.0 Å². The Hall–Kier alpha value is -6.27. The van der Waals surface area contributed by atoms with Crippen LogP contribution in [0.4, 0.5) is 21.9 Å². The Morgan fingerprint density at radius 1 is 0.968 bits per heavy atom. The van der Waals surface area contributed by atoms with Crippen molar-refractivity contribution in [2.24, 2.45) is 5.92 Å². The number of rotatable bonds is 16. The minimum atomic E-state index is -1.14. The van der Waals surface area contributed by atoms with Gasteiger partial charge in [-0.2, -0.15) is 4.98 Å². The first-order chi connectivity index (χ1) is 30.4. The summed E-state index contributed by atoms with van der Waals surface area (Å²) in [5.74, 6) is 1.03. The van der Waals surface area contributed by atoms with E-state index in [1.807, 2.05) is 76.4 Å². The lowest BCUT2D eigenvalue weighted by Gasteiger charge is -2.34. The van der Waals surface area contributed by atoms with Gasteiger partial charge in [0.25, 0.3) is 5.89 Å². The van der Waals surface area contributed by atoms with E-state index in [0.29, 0.717) is 37.0 Å². The second kappa shape index (κ2) is 19.0. The Labute approximate surface area is 366 Å². The highest BCUT2D eigenvalue weighted by Gasteiger charge is 2.27. The van der Waals surface area contributed by atoms with Crippen molar-refractivity contribution in [3.8, 4) is 22.6 Å². The monoisotopic (exact) mass is 856 g/mol. The highest BCUT2D eigenvalue weighted by atomic mass is 16.5. The Kier molecular flexibility index (Phi) is 13.1. The SMILES string of the molecule is COCc1cc(-c2ncnc3[nH]c(-c4ccc(NCCNCC5CCN(c6ccc(N7CCC(=O)NC7=O)cc6)CC5)cn4)cc23)ccc1[C@@H](C)NC(O)c1nc(C(C)(C)C)no1. The van der Waals surface area contributed by atoms with Crippen LogP contribution in [0, 0.1) is 5.92 Å². The molecule has 0 bridgehead atoms. The number of aromatic amines is 1. The van der Waals surface area contributed by atoms with E-state index in [1.165, 1.54) is 0 Å². The van der Waals surface area contributed by atoms with Crippen LogP contribution in [0.25, 0.3) is 33.7 Å². The number of imide groups is 1. The van der Waals surface area contributed by atoms with Crippen molar-refractivity contribution in [2.75, 3.05) is 61.5 Å². The first kappa shape index (κ1) is 43.4. The van der Waals surface area contributed by atoms with E-state index < -0.39 is 6.23 Å². The van der Waals surface area contributed by atoms with Gasteiger partial charge in [0.15, 0.2) is 12.1 Å². The summed E-state index contributed by atoms with van der Waals surface area (Å²) in [5.41, 5.74) is 8.52. The third kappa shape index (κ3) is 10.2. The number of nitrogens with zero attached hydrogens (tertiary/aromatic N) is 7. The molecule has 4 aromatic heterocycles. The molecule has 2 aliphatic heterocycles. The third-order valence-electron chi connectivity index (χ3n) is 11.7. The van der Waals surface area contributed by atoms with Gasteiger partial charge in [0.2, 0.25) is 5.91 Å². The van der Waals surface area contributed by atoms with Gasteiger partial charge in [0.1, 0.15) is 12.0 Å². The number of aliphatic hydroxyl groups is 1. The fourth-order valence-electron chi connectivity index (χ4n) is 8.12. The number of H-pyrrole nitrogens is 1. The minimum absolute atomic E-state index is 0.117. The summed E-state index contributed by atoms with van der Waals surface area (Å²) in [6.45, 7) is 13.2. The third-order valence-corrected chi connectivity index (χ3v) is 11.7. The Balaban J connectivity index is 0.815. The van der Waals surface area contributed by atoms with Crippen LogP contribution in [0.5, 0.6) is 0 Å². The summed E-state index contributed by atoms with van der Waals surface area (Å²) in [4.78, 5) is 49.5. The van der Waals surface area contributed by atoms with Crippen LogP contribution < -0.4 is 31.1 Å². The number of piperidine rings is 1. The zero-order valence-corrected chi connectivity index (χ0v) is 36.4. The maximum atomic E-state index is 12.2. The van der Waals surface area contributed by atoms with Crippen molar-refractivity contribution in [3.63, 3.8) is 0 Å². The first-order valence-electron chi connectivity index (χ1n) is 21.5. The van der Waals surface area contributed by atoms with Gasteiger partial charge in [-0.25, -0.2) is 14.8 Å². The molecule has 2 aromatic carbocycles. The predicted molar refractivity (Wildman–Crippen MR) is 241 cm³/mol. The molecule has 0 aliphatic carbocycles. The molecule has 0 saturated carbocycles. The number of ether oxygens (including phenoxy) is 1. The topological polar surface area (TPSA) is 212 Å². The van der Waals surface area contributed by atoms with Crippen LogP contribution >= 0.6 is 0 Å². The molecular formula is C46H56N12O5. The number of aromatic nitrogens is 6. The molecule has 8 rings (SSSR count). The molecule has 0 spiro atoms. The number of anilines is 3. The minimum Gasteiger partial charge on any atom is -0.383 e. The van der Waals surface area contributed by atoms with Crippen LogP contribution in [0.1, 0.15) is 82.1 Å². The standard InChI is InChI=1S/C46H56N12O5/c1-28(52-42(60)43-55-44(56-63-43)46(2,3)4)35-12-6-30(22-31(35)26-62-5)40-36-23-38(53-41(36)51-27-50-40)37-13-7-32(25-49-37)48-18-17-47-24-29-14-19-57(20-15-29)33-8-10-34(11-9-33)58-21-16-39(59)54-45(58)61/h6-13,22-23,25,27-29,42,47-48,52,60H,14-21,24,26H2,1-5H3,(H,50,51,53)(H,54,59,61)/t28-,42?/m1/s1. The molecule has 330 valence electrons. The fourth-order valence-corrected chi connectivity index (χ4v) is 8.12. The van der Waals surface area contributed by atoms with Crippen LogP contribution in [-0.4, -0.2) is 93.5 Å². The summed E-state index contributed by atoms with van der Waals surface area (Å²) in [5, 5.41) is 28.5. The van der Waals surface area contributed by atoms with Gasteiger partial charge in [-0.15, -0.1) is 0 Å². The molecule has 1 unspecified atom stereocenters. The van der Waals surface area contributed by atoms with E-state index in [4.69, 9.17) is 14.2 Å². The number of carbonyl (C=O) groups excluding carboxylic acids is 2. The van der Waals surface area contributed by atoms with Gasteiger partial charge < -0.3 is 34.9 Å². The number of carbonyl (C=O) groups is 2. The average molecular weight is 857 g/mol. The Morgan fingerprint density at radius 3 is 2.48 bits per heavy atom. The van der Waals surface area contributed by atoms with Crippen molar-refractivity contribution >= 4 is 40.0 Å². The predicted octanol–water partition coefficient (Wildman–Crippen LogP) is 6.22. The summed E-state index contributed by atoms with van der Waals surface area (Å²) < 4.78 is 10.9. The second-order valence-corrected chi connectivity index (χ2v) is 17.3. The molecule has 2 saturated heterocycles. The van der Waals surface area contributed by atoms with Gasteiger partial charge in [-0.05, 0) is 91.9 Å². The number of methoxy groups -OCH3 is 1. The van der Waals surface area contributed by atoms with E-state index >= 15 is 0 Å². The zero-order chi connectivity index (χ0) is 44.1. The smallest absolute Gasteiger partial charge is 0.328 e. The van der Waals surface area contributed by atoms with E-state index in [1.54, 1.807) is 18.3 Å². The van der Waals surface area contributed by atoms with Gasteiger partial charge in [-0.1, -0.05) is 38.1 Å². The van der Waals surface area contributed by atoms with Crippen LogP contribution in [0.3, 0.4) is 0 Å². The highest BCUT2D eigenvalue weighted by molar-refractivity contribution is 6.05. The maximum Gasteiger partial charge on any atom is 0.328 e. The number of amides is 3. The van der Waals surface area contributed by atoms with Gasteiger partial charge >= 0.3 is 6.03 Å². The molecule has 2 fully saturated rings. The lowest BCUT2D eigenvalue weighted by Crippen LogP contribution is -2.49. The average Bonchev–Trinajstić information content (AvgIpc) is 3.97. The van der Waals surface area contributed by atoms with E-state index in [0.717, 1.165) is 102 Å². The fraction of sp³-hybridized carbons (Fsp3) is 0.413. The lowest BCUT2D eigenvalue weighted by molar-refractivity contribution is -0.120. The Bertz CT molecular complexity index is 2510. The number of fused-ring (bicyclic) bond motifs is 1. The number of aliphatic hydroxyl groups excluding tert-OH is 1. The zero-order valence-electron chi connectivity index (χ0n) is 36.4. The molecule has 17 heteroatoms. The number of urea groups is 1.